The number of rotatable bonds is 3. The molecule has 106 valence electrons. The highest BCUT2D eigenvalue weighted by molar-refractivity contribution is 6.01. The number of aromatic amines is 1. The van der Waals surface area contributed by atoms with Crippen molar-refractivity contribution in [1.29, 1.82) is 5.26 Å². The minimum absolute atomic E-state index is 0.0707. The number of H-pyrrole nitrogens is 1. The number of carbonyl (C=O) groups excluding carboxylic acids is 1. The van der Waals surface area contributed by atoms with E-state index in [9.17, 15) is 4.79 Å². The number of carbonyl (C=O) groups is 1. The Morgan fingerprint density at radius 1 is 1.27 bits per heavy atom. The monoisotopic (exact) mass is 288 g/mol. The molecule has 0 unspecified atom stereocenters. The SMILES string of the molecule is N#C/C(=C\c1cccc(-c2cccc3[nH]ncc23)c1)C(N)=O. The van der Waals surface area contributed by atoms with Gasteiger partial charge in [-0.25, -0.2) is 0 Å². The molecule has 5 nitrogen and oxygen atoms in total. The molecule has 3 rings (SSSR count). The van der Waals surface area contributed by atoms with Gasteiger partial charge in [-0.15, -0.1) is 0 Å². The van der Waals surface area contributed by atoms with Crippen LogP contribution in [0.25, 0.3) is 28.1 Å². The minimum atomic E-state index is -0.732. The van der Waals surface area contributed by atoms with Gasteiger partial charge in [0.1, 0.15) is 11.6 Å². The molecule has 3 aromatic rings. The Hall–Kier alpha value is -3.39. The van der Waals surface area contributed by atoms with Crippen molar-refractivity contribution in [3.63, 3.8) is 0 Å². The van der Waals surface area contributed by atoms with Crippen LogP contribution in [0.3, 0.4) is 0 Å². The highest BCUT2D eigenvalue weighted by Crippen LogP contribution is 2.28. The topological polar surface area (TPSA) is 95.6 Å². The molecule has 0 fully saturated rings. The van der Waals surface area contributed by atoms with Crippen molar-refractivity contribution in [2.75, 3.05) is 0 Å². The number of primary amides is 1. The molecule has 0 saturated carbocycles. The molecule has 0 radical (unpaired) electrons. The molecular weight excluding hydrogens is 276 g/mol. The highest BCUT2D eigenvalue weighted by Gasteiger charge is 2.07. The van der Waals surface area contributed by atoms with Crippen molar-refractivity contribution in [2.24, 2.45) is 5.73 Å². The van der Waals surface area contributed by atoms with E-state index in [4.69, 9.17) is 11.0 Å². The van der Waals surface area contributed by atoms with E-state index < -0.39 is 5.91 Å². The van der Waals surface area contributed by atoms with Crippen LogP contribution in [-0.4, -0.2) is 16.1 Å². The molecule has 0 bridgehead atoms. The smallest absolute Gasteiger partial charge is 0.259 e. The second-order valence-electron chi connectivity index (χ2n) is 4.80. The molecule has 2 aromatic carbocycles. The maximum absolute atomic E-state index is 11.1. The summed E-state index contributed by atoms with van der Waals surface area (Å²) in [4.78, 5) is 11.1. The summed E-state index contributed by atoms with van der Waals surface area (Å²) in [6.45, 7) is 0. The normalized spacial score (nSPS) is 11.3. The number of hydrogen-bond acceptors (Lipinski definition) is 3. The fourth-order valence-corrected chi connectivity index (χ4v) is 2.34. The van der Waals surface area contributed by atoms with Gasteiger partial charge in [0.25, 0.3) is 5.91 Å². The molecule has 0 saturated heterocycles. The summed E-state index contributed by atoms with van der Waals surface area (Å²) < 4.78 is 0. The number of nitrogens with zero attached hydrogens (tertiary/aromatic N) is 2. The van der Waals surface area contributed by atoms with E-state index >= 15 is 0 Å². The third-order valence-corrected chi connectivity index (χ3v) is 3.38. The largest absolute Gasteiger partial charge is 0.365 e. The number of fused-ring (bicyclic) bond motifs is 1. The number of nitrogens with two attached hydrogens (primary N) is 1. The fraction of sp³-hybridized carbons (Fsp3) is 0. The maximum Gasteiger partial charge on any atom is 0.259 e. The molecule has 0 spiro atoms. The van der Waals surface area contributed by atoms with Crippen molar-refractivity contribution in [1.82, 2.24) is 10.2 Å². The Bertz CT molecular complexity index is 931. The van der Waals surface area contributed by atoms with Crippen LogP contribution in [0.15, 0.2) is 54.2 Å². The van der Waals surface area contributed by atoms with Crippen LogP contribution in [-0.2, 0) is 4.79 Å². The van der Waals surface area contributed by atoms with Gasteiger partial charge in [-0.3, -0.25) is 9.89 Å². The van der Waals surface area contributed by atoms with Gasteiger partial charge in [0.2, 0.25) is 0 Å². The predicted octanol–water partition coefficient (Wildman–Crippen LogP) is 2.62. The molecule has 0 aliphatic heterocycles. The first-order valence-corrected chi connectivity index (χ1v) is 6.63. The van der Waals surface area contributed by atoms with Gasteiger partial charge in [0.05, 0.1) is 11.7 Å². The van der Waals surface area contributed by atoms with Crippen LogP contribution < -0.4 is 5.73 Å². The van der Waals surface area contributed by atoms with Crippen LogP contribution in [0.4, 0.5) is 0 Å². The van der Waals surface area contributed by atoms with Crippen molar-refractivity contribution in [3.05, 3.63) is 59.8 Å². The lowest BCUT2D eigenvalue weighted by molar-refractivity contribution is -0.114. The van der Waals surface area contributed by atoms with E-state index in [1.165, 1.54) is 6.08 Å². The lowest BCUT2D eigenvalue weighted by Gasteiger charge is -2.05. The average Bonchev–Trinajstić information content (AvgIpc) is 3.01. The van der Waals surface area contributed by atoms with Crippen LogP contribution in [0.2, 0.25) is 0 Å². The molecule has 0 atom stereocenters. The lowest BCUT2D eigenvalue weighted by Crippen LogP contribution is -2.12. The Balaban J connectivity index is 2.11. The van der Waals surface area contributed by atoms with Gasteiger partial charge in [0.15, 0.2) is 0 Å². The summed E-state index contributed by atoms with van der Waals surface area (Å²) in [5.74, 6) is -0.732. The zero-order chi connectivity index (χ0) is 15.5. The first-order chi connectivity index (χ1) is 10.7. The quantitative estimate of drug-likeness (QED) is 0.572. The number of nitrogens with one attached hydrogen (secondary N) is 1. The van der Waals surface area contributed by atoms with E-state index in [1.807, 2.05) is 42.5 Å². The van der Waals surface area contributed by atoms with E-state index in [-0.39, 0.29) is 5.57 Å². The minimum Gasteiger partial charge on any atom is -0.365 e. The highest BCUT2D eigenvalue weighted by atomic mass is 16.1. The Labute approximate surface area is 126 Å². The molecule has 1 heterocycles. The van der Waals surface area contributed by atoms with Gasteiger partial charge in [-0.1, -0.05) is 30.3 Å². The van der Waals surface area contributed by atoms with Gasteiger partial charge < -0.3 is 5.73 Å². The Morgan fingerprint density at radius 2 is 2.09 bits per heavy atom. The molecule has 1 aromatic heterocycles. The summed E-state index contributed by atoms with van der Waals surface area (Å²) in [5, 5.41) is 16.9. The second kappa shape index (κ2) is 5.54. The molecule has 0 aliphatic carbocycles. The van der Waals surface area contributed by atoms with Gasteiger partial charge in [0, 0.05) is 5.39 Å². The van der Waals surface area contributed by atoms with Crippen molar-refractivity contribution >= 4 is 22.9 Å². The van der Waals surface area contributed by atoms with E-state index in [0.717, 1.165) is 27.6 Å². The number of nitriles is 1. The van der Waals surface area contributed by atoms with E-state index in [0.29, 0.717) is 0 Å². The first-order valence-electron chi connectivity index (χ1n) is 6.63. The summed E-state index contributed by atoms with van der Waals surface area (Å²) in [5.41, 5.74) is 8.79. The van der Waals surface area contributed by atoms with Crippen LogP contribution in [0, 0.1) is 11.3 Å². The van der Waals surface area contributed by atoms with E-state index in [2.05, 4.69) is 10.2 Å². The predicted molar refractivity (Wildman–Crippen MR) is 84.3 cm³/mol. The standard InChI is InChI=1S/C17H12N4O/c18-9-13(17(19)22)8-11-3-1-4-12(7-11)14-5-2-6-16-15(14)10-20-21-16/h1-8,10H,(H2,19,22)(H,20,21)/b13-8+. The third-order valence-electron chi connectivity index (χ3n) is 3.38. The zero-order valence-corrected chi connectivity index (χ0v) is 11.6. The number of aromatic nitrogens is 2. The molecule has 22 heavy (non-hydrogen) atoms. The van der Waals surface area contributed by atoms with Crippen LogP contribution in [0.5, 0.6) is 0 Å². The lowest BCUT2D eigenvalue weighted by atomic mass is 9.99. The van der Waals surface area contributed by atoms with E-state index in [1.54, 1.807) is 12.3 Å². The first kappa shape index (κ1) is 13.6. The molecule has 5 heteroatoms. The molecule has 1 amide bonds. The Kier molecular flexibility index (Phi) is 3.42. The van der Waals surface area contributed by atoms with Crippen LogP contribution >= 0.6 is 0 Å². The second-order valence-corrected chi connectivity index (χ2v) is 4.80. The third kappa shape index (κ3) is 2.45. The summed E-state index contributed by atoms with van der Waals surface area (Å²) in [6, 6.07) is 15.3. The Morgan fingerprint density at radius 3 is 2.86 bits per heavy atom. The van der Waals surface area contributed by atoms with Crippen LogP contribution in [0.1, 0.15) is 5.56 Å². The number of benzene rings is 2. The maximum atomic E-state index is 11.1. The van der Waals surface area contributed by atoms with Gasteiger partial charge >= 0.3 is 0 Å². The van der Waals surface area contributed by atoms with Gasteiger partial charge in [-0.05, 0) is 34.9 Å². The van der Waals surface area contributed by atoms with Crippen molar-refractivity contribution < 1.29 is 4.79 Å². The zero-order valence-electron chi connectivity index (χ0n) is 11.6. The number of amides is 1. The molecule has 3 N–H and O–H groups in total. The summed E-state index contributed by atoms with van der Waals surface area (Å²) in [6.07, 6.45) is 3.26. The average molecular weight is 288 g/mol. The fourth-order valence-electron chi connectivity index (χ4n) is 2.34. The summed E-state index contributed by atoms with van der Waals surface area (Å²) >= 11 is 0. The van der Waals surface area contributed by atoms with Crippen molar-refractivity contribution in [2.45, 2.75) is 0 Å². The number of hydrogen-bond donors (Lipinski definition) is 2. The molecule has 0 aliphatic rings. The van der Waals surface area contributed by atoms with Crippen molar-refractivity contribution in [3.8, 4) is 17.2 Å². The summed E-state index contributed by atoms with van der Waals surface area (Å²) in [7, 11) is 0. The van der Waals surface area contributed by atoms with Gasteiger partial charge in [-0.2, -0.15) is 10.4 Å². The molecular formula is C17H12N4O.